The lowest BCUT2D eigenvalue weighted by Crippen LogP contribution is -2.29. The number of fused-ring (bicyclic) bond motifs is 1. The molecule has 0 atom stereocenters. The highest BCUT2D eigenvalue weighted by molar-refractivity contribution is 6.30. The second-order valence-electron chi connectivity index (χ2n) is 7.21. The Hall–Kier alpha value is -3.25. The predicted octanol–water partition coefficient (Wildman–Crippen LogP) is 4.00. The minimum atomic E-state index is -0.326. The van der Waals surface area contributed by atoms with Gasteiger partial charge in [-0.05, 0) is 49.2 Å². The van der Waals surface area contributed by atoms with Gasteiger partial charge in [-0.1, -0.05) is 29.8 Å². The first-order valence-electron chi connectivity index (χ1n) is 9.45. The van der Waals surface area contributed by atoms with Gasteiger partial charge in [0, 0.05) is 21.9 Å². The quantitative estimate of drug-likeness (QED) is 0.471. The fraction of sp³-hybridized carbons (Fsp3) is 0.182. The molecule has 2 aromatic carbocycles. The summed E-state index contributed by atoms with van der Waals surface area (Å²) in [5, 5.41) is 10.3. The van der Waals surface area contributed by atoms with Gasteiger partial charge in [-0.2, -0.15) is 10.2 Å². The molecule has 29 heavy (non-hydrogen) atoms. The molecule has 1 fully saturated rings. The van der Waals surface area contributed by atoms with Gasteiger partial charge in [-0.3, -0.25) is 9.59 Å². The third kappa shape index (κ3) is 3.25. The molecular formula is C22H17ClN4O2. The van der Waals surface area contributed by atoms with Crippen LogP contribution in [-0.4, -0.2) is 25.3 Å². The Morgan fingerprint density at radius 2 is 1.79 bits per heavy atom. The number of aromatic nitrogens is 4. The summed E-state index contributed by atoms with van der Waals surface area (Å²) in [5.74, 6) is 0.117. The van der Waals surface area contributed by atoms with Gasteiger partial charge < -0.3 is 0 Å². The van der Waals surface area contributed by atoms with Crippen molar-refractivity contribution in [1.29, 1.82) is 0 Å². The topological polar surface area (TPSA) is 69.8 Å². The maximum atomic E-state index is 13.3. The van der Waals surface area contributed by atoms with E-state index in [1.54, 1.807) is 35.1 Å². The second-order valence-corrected chi connectivity index (χ2v) is 7.64. The molecule has 7 heteroatoms. The molecule has 0 aliphatic heterocycles. The van der Waals surface area contributed by atoms with Crippen LogP contribution in [0.3, 0.4) is 0 Å². The molecule has 5 rings (SSSR count). The Morgan fingerprint density at radius 3 is 2.48 bits per heavy atom. The second kappa shape index (κ2) is 6.97. The Balaban J connectivity index is 1.64. The van der Waals surface area contributed by atoms with E-state index < -0.39 is 0 Å². The van der Waals surface area contributed by atoms with Gasteiger partial charge in [0.25, 0.3) is 5.56 Å². The Bertz CT molecular complexity index is 1270. The lowest BCUT2D eigenvalue weighted by molar-refractivity contribution is 0.0965. The lowest BCUT2D eigenvalue weighted by Gasteiger charge is -2.10. The van der Waals surface area contributed by atoms with Crippen LogP contribution in [0.25, 0.3) is 16.6 Å². The zero-order valence-electron chi connectivity index (χ0n) is 15.5. The van der Waals surface area contributed by atoms with Gasteiger partial charge in [-0.25, -0.2) is 9.36 Å². The highest BCUT2D eigenvalue weighted by atomic mass is 35.5. The minimum absolute atomic E-state index is 0.129. The summed E-state index contributed by atoms with van der Waals surface area (Å²) in [6.07, 6.45) is 3.76. The normalized spacial score (nSPS) is 13.7. The van der Waals surface area contributed by atoms with Crippen LogP contribution >= 0.6 is 11.6 Å². The molecule has 0 radical (unpaired) electrons. The van der Waals surface area contributed by atoms with Crippen molar-refractivity contribution in [3.63, 3.8) is 0 Å². The highest BCUT2D eigenvalue weighted by Crippen LogP contribution is 2.41. The molecule has 0 amide bonds. The molecular weight excluding hydrogens is 388 g/mol. The van der Waals surface area contributed by atoms with Crippen LogP contribution in [0.15, 0.2) is 65.6 Å². The molecule has 0 unspecified atom stereocenters. The Kier molecular flexibility index (Phi) is 4.28. The number of Topliss-reactive ketones (excluding diaryl/α,β-unsaturated/α-hetero) is 1. The number of carbonyl (C=O) groups excluding carboxylic acids is 1. The monoisotopic (exact) mass is 404 g/mol. The van der Waals surface area contributed by atoms with Crippen LogP contribution in [0.5, 0.6) is 0 Å². The molecule has 0 bridgehead atoms. The maximum Gasteiger partial charge on any atom is 0.293 e. The first-order chi connectivity index (χ1) is 14.1. The van der Waals surface area contributed by atoms with Crippen LogP contribution in [0.1, 0.15) is 34.8 Å². The maximum absolute atomic E-state index is 13.3. The van der Waals surface area contributed by atoms with Crippen LogP contribution < -0.4 is 5.56 Å². The van der Waals surface area contributed by atoms with Crippen molar-refractivity contribution in [3.05, 3.63) is 87.4 Å². The summed E-state index contributed by atoms with van der Waals surface area (Å²) in [6, 6.07) is 16.1. The van der Waals surface area contributed by atoms with Gasteiger partial charge in [0.05, 0.1) is 17.6 Å². The average molecular weight is 405 g/mol. The van der Waals surface area contributed by atoms with E-state index in [1.807, 2.05) is 30.3 Å². The molecule has 0 saturated heterocycles. The summed E-state index contributed by atoms with van der Waals surface area (Å²) in [5.41, 5.74) is 2.26. The van der Waals surface area contributed by atoms with Crippen molar-refractivity contribution in [1.82, 2.24) is 19.6 Å². The summed E-state index contributed by atoms with van der Waals surface area (Å²) in [7, 11) is 0. The first kappa shape index (κ1) is 17.8. The fourth-order valence-electron chi connectivity index (χ4n) is 3.49. The predicted molar refractivity (Wildman–Crippen MR) is 111 cm³/mol. The van der Waals surface area contributed by atoms with E-state index in [4.69, 9.17) is 11.6 Å². The van der Waals surface area contributed by atoms with E-state index in [0.29, 0.717) is 22.0 Å². The molecule has 1 saturated carbocycles. The third-order valence-electron chi connectivity index (χ3n) is 5.14. The molecule has 2 heterocycles. The number of ketones is 1. The zero-order chi connectivity index (χ0) is 20.0. The van der Waals surface area contributed by atoms with E-state index in [2.05, 4.69) is 10.2 Å². The summed E-state index contributed by atoms with van der Waals surface area (Å²) < 4.78 is 2.91. The van der Waals surface area contributed by atoms with Crippen LogP contribution in [-0.2, 0) is 6.54 Å². The van der Waals surface area contributed by atoms with Crippen LogP contribution in [0.2, 0.25) is 5.02 Å². The van der Waals surface area contributed by atoms with Crippen LogP contribution in [0.4, 0.5) is 0 Å². The number of halogens is 1. The van der Waals surface area contributed by atoms with Crippen molar-refractivity contribution in [3.8, 4) is 5.69 Å². The molecule has 2 aromatic heterocycles. The van der Waals surface area contributed by atoms with E-state index in [-0.39, 0.29) is 17.9 Å². The number of rotatable bonds is 5. The molecule has 6 nitrogen and oxygen atoms in total. The molecule has 0 spiro atoms. The van der Waals surface area contributed by atoms with Crippen molar-refractivity contribution in [2.75, 3.05) is 0 Å². The van der Waals surface area contributed by atoms with Crippen molar-refractivity contribution < 1.29 is 4.79 Å². The summed E-state index contributed by atoms with van der Waals surface area (Å²) in [6.45, 7) is -0.129. The number of carbonyl (C=O) groups is 1. The molecule has 1 aliphatic rings. The van der Waals surface area contributed by atoms with E-state index in [9.17, 15) is 9.59 Å². The number of hydrogen-bond acceptors (Lipinski definition) is 4. The summed E-state index contributed by atoms with van der Waals surface area (Å²) >= 11 is 5.90. The van der Waals surface area contributed by atoms with Gasteiger partial charge in [-0.15, -0.1) is 0 Å². The van der Waals surface area contributed by atoms with Crippen molar-refractivity contribution >= 4 is 28.3 Å². The lowest BCUT2D eigenvalue weighted by atomic mass is 10.1. The van der Waals surface area contributed by atoms with Gasteiger partial charge in [0.15, 0.2) is 5.78 Å². The standard InChI is InChI=1S/C22H17ClN4O2/c23-16-10-8-14(9-11-16)19(28)13-26-22(29)21-18(20(25-26)15-6-7-15)12-24-27(21)17-4-2-1-3-5-17/h1-5,8-12,15H,6-7,13H2. The molecule has 0 N–H and O–H groups in total. The van der Waals surface area contributed by atoms with Crippen LogP contribution in [0, 0.1) is 0 Å². The molecule has 1 aliphatic carbocycles. The zero-order valence-corrected chi connectivity index (χ0v) is 16.2. The first-order valence-corrected chi connectivity index (χ1v) is 9.82. The van der Waals surface area contributed by atoms with Gasteiger partial charge >= 0.3 is 0 Å². The van der Waals surface area contributed by atoms with E-state index in [1.165, 1.54) is 4.68 Å². The SMILES string of the molecule is O=C(Cn1nc(C2CC2)c2cnn(-c3ccccc3)c2c1=O)c1ccc(Cl)cc1. The fourth-order valence-corrected chi connectivity index (χ4v) is 3.61. The number of benzene rings is 2. The van der Waals surface area contributed by atoms with E-state index in [0.717, 1.165) is 29.6 Å². The third-order valence-corrected chi connectivity index (χ3v) is 5.39. The van der Waals surface area contributed by atoms with Crippen molar-refractivity contribution in [2.45, 2.75) is 25.3 Å². The molecule has 4 aromatic rings. The highest BCUT2D eigenvalue weighted by Gasteiger charge is 2.30. The smallest absolute Gasteiger partial charge is 0.292 e. The molecule has 144 valence electrons. The summed E-state index contributed by atoms with van der Waals surface area (Å²) in [4.78, 5) is 26.0. The Morgan fingerprint density at radius 1 is 1.07 bits per heavy atom. The van der Waals surface area contributed by atoms with Gasteiger partial charge in [0.2, 0.25) is 0 Å². The Labute approximate surface area is 171 Å². The van der Waals surface area contributed by atoms with Gasteiger partial charge in [0.1, 0.15) is 12.1 Å². The number of para-hydroxylation sites is 1. The minimum Gasteiger partial charge on any atom is -0.292 e. The number of hydrogen-bond donors (Lipinski definition) is 0. The largest absolute Gasteiger partial charge is 0.293 e. The average Bonchev–Trinajstić information content (AvgIpc) is 3.49. The van der Waals surface area contributed by atoms with E-state index >= 15 is 0 Å². The van der Waals surface area contributed by atoms with Crippen molar-refractivity contribution in [2.24, 2.45) is 0 Å². The number of nitrogens with zero attached hydrogens (tertiary/aromatic N) is 4.